The highest BCUT2D eigenvalue weighted by molar-refractivity contribution is 5.02. The van der Waals surface area contributed by atoms with E-state index in [0.717, 1.165) is 0 Å². The summed E-state index contributed by atoms with van der Waals surface area (Å²) in [5.41, 5.74) is 0. The summed E-state index contributed by atoms with van der Waals surface area (Å²) in [4.78, 5) is 0. The van der Waals surface area contributed by atoms with Gasteiger partial charge < -0.3 is 0 Å². The first-order chi connectivity index (χ1) is 10.4. The largest absolute Gasteiger partial charge is 0.269 e. The molecule has 0 fully saturated rings. The van der Waals surface area contributed by atoms with Crippen LogP contribution in [-0.4, -0.2) is 0 Å². The molecule has 0 aliphatic heterocycles. The normalized spacial score (nSPS) is 5.86. The second-order valence-electron chi connectivity index (χ2n) is 2.45. The zero-order valence-electron chi connectivity index (χ0n) is 14.5. The van der Waals surface area contributed by atoms with Crippen LogP contribution in [0.3, 0.4) is 0 Å². The van der Waals surface area contributed by atoms with Crippen LogP contribution in [-0.2, 0) is 0 Å². The van der Waals surface area contributed by atoms with E-state index in [-0.39, 0.29) is 10.5 Å². The summed E-state index contributed by atoms with van der Waals surface area (Å²) in [5, 5.41) is 0. The highest BCUT2D eigenvalue weighted by Gasteiger charge is 1.77. The fourth-order valence-electron chi connectivity index (χ4n) is 0.800. The maximum absolute atomic E-state index is 11.9. The Hall–Kier alpha value is -2.22. The Labute approximate surface area is 136 Å². The molecule has 0 aliphatic carbocycles. The predicted octanol–water partition coefficient (Wildman–Crippen LogP) is 7.32. The fourth-order valence-corrected chi connectivity index (χ4v) is 0.800. The highest BCUT2D eigenvalue weighted by Crippen LogP contribution is 1.91. The van der Waals surface area contributed by atoms with Crippen LogP contribution in [0, 0.1) is 5.82 Å². The SMILES string of the molecule is C=C.C=C.CC.CC.F.Fc1ccccc1.c1ccccc1. The van der Waals surface area contributed by atoms with E-state index in [1.165, 1.54) is 12.1 Å². The molecule has 0 amide bonds. The lowest BCUT2D eigenvalue weighted by Crippen LogP contribution is -1.63. The van der Waals surface area contributed by atoms with Crippen LogP contribution < -0.4 is 0 Å². The summed E-state index contributed by atoms with van der Waals surface area (Å²) in [7, 11) is 0. The molecular formula is C20H32F2. The van der Waals surface area contributed by atoms with Crippen LogP contribution in [0.4, 0.5) is 9.09 Å². The molecule has 0 spiro atoms. The van der Waals surface area contributed by atoms with Crippen LogP contribution in [0.1, 0.15) is 27.7 Å². The Morgan fingerprint density at radius 2 is 0.727 bits per heavy atom. The Morgan fingerprint density at radius 3 is 0.864 bits per heavy atom. The van der Waals surface area contributed by atoms with Crippen molar-refractivity contribution >= 4 is 0 Å². The van der Waals surface area contributed by atoms with Crippen molar-refractivity contribution < 1.29 is 9.09 Å². The summed E-state index contributed by atoms with van der Waals surface area (Å²) in [6.45, 7) is 20.0. The maximum atomic E-state index is 11.9. The molecule has 0 aliphatic rings. The second kappa shape index (κ2) is 42.8. The van der Waals surface area contributed by atoms with Crippen LogP contribution in [0.15, 0.2) is 93.0 Å². The quantitative estimate of drug-likeness (QED) is 0.447. The van der Waals surface area contributed by atoms with Gasteiger partial charge in [-0.15, -0.1) is 26.3 Å². The lowest BCUT2D eigenvalue weighted by molar-refractivity contribution is 0.628. The van der Waals surface area contributed by atoms with Crippen LogP contribution in [0.2, 0.25) is 0 Å². The van der Waals surface area contributed by atoms with E-state index in [1.54, 1.807) is 18.2 Å². The van der Waals surface area contributed by atoms with Gasteiger partial charge in [-0.05, 0) is 12.1 Å². The summed E-state index contributed by atoms with van der Waals surface area (Å²) in [6.07, 6.45) is 0. The van der Waals surface area contributed by atoms with Crippen LogP contribution in [0.5, 0.6) is 0 Å². The van der Waals surface area contributed by atoms with Crippen LogP contribution >= 0.6 is 0 Å². The molecule has 0 N–H and O–H groups in total. The molecule has 126 valence electrons. The fraction of sp³-hybridized carbons (Fsp3) is 0.200. The molecular weight excluding hydrogens is 278 g/mol. The Kier molecular flexibility index (Phi) is 62.1. The molecule has 0 unspecified atom stereocenters. The van der Waals surface area contributed by atoms with Gasteiger partial charge in [0.05, 0.1) is 0 Å². The van der Waals surface area contributed by atoms with E-state index in [4.69, 9.17) is 0 Å². The first-order valence-electron chi connectivity index (χ1n) is 7.10. The lowest BCUT2D eigenvalue weighted by Gasteiger charge is -1.78. The van der Waals surface area contributed by atoms with Crippen LogP contribution in [0.25, 0.3) is 0 Å². The third kappa shape index (κ3) is 36.1. The molecule has 2 rings (SSSR count). The van der Waals surface area contributed by atoms with Crippen molar-refractivity contribution in [2.45, 2.75) is 27.7 Å². The van der Waals surface area contributed by atoms with Crippen molar-refractivity contribution in [2.24, 2.45) is 0 Å². The Bertz CT molecular complexity index is 305. The maximum Gasteiger partial charge on any atom is 0.123 e. The van der Waals surface area contributed by atoms with Gasteiger partial charge in [-0.25, -0.2) is 4.39 Å². The minimum Gasteiger partial charge on any atom is -0.269 e. The van der Waals surface area contributed by atoms with E-state index in [2.05, 4.69) is 26.3 Å². The third-order valence-corrected chi connectivity index (χ3v) is 1.40. The molecule has 0 heterocycles. The summed E-state index contributed by atoms with van der Waals surface area (Å²) >= 11 is 0. The third-order valence-electron chi connectivity index (χ3n) is 1.40. The zero-order valence-corrected chi connectivity index (χ0v) is 14.5. The average Bonchev–Trinajstić information content (AvgIpc) is 2.64. The monoisotopic (exact) mass is 310 g/mol. The van der Waals surface area contributed by atoms with E-state index >= 15 is 0 Å². The number of halogens is 2. The van der Waals surface area contributed by atoms with Crippen molar-refractivity contribution in [2.75, 3.05) is 0 Å². The average molecular weight is 310 g/mol. The molecule has 0 radical (unpaired) electrons. The molecule has 0 nitrogen and oxygen atoms in total. The Balaban J connectivity index is -0.0000000590. The Morgan fingerprint density at radius 1 is 0.545 bits per heavy atom. The molecule has 22 heavy (non-hydrogen) atoms. The molecule has 0 aromatic heterocycles. The molecule has 2 aromatic rings. The molecule has 0 atom stereocenters. The van der Waals surface area contributed by atoms with E-state index < -0.39 is 0 Å². The van der Waals surface area contributed by atoms with Gasteiger partial charge in [0.1, 0.15) is 5.82 Å². The van der Waals surface area contributed by atoms with E-state index in [0.29, 0.717) is 0 Å². The summed E-state index contributed by atoms with van der Waals surface area (Å²) in [6, 6.07) is 19.9. The topological polar surface area (TPSA) is 0 Å². The summed E-state index contributed by atoms with van der Waals surface area (Å²) < 4.78 is 11.9. The van der Waals surface area contributed by atoms with Gasteiger partial charge in [-0.2, -0.15) is 0 Å². The van der Waals surface area contributed by atoms with Crippen molar-refractivity contribution in [1.82, 2.24) is 0 Å². The minimum atomic E-state index is -0.178. The molecule has 0 bridgehead atoms. The highest BCUT2D eigenvalue weighted by atomic mass is 19.1. The van der Waals surface area contributed by atoms with Crippen molar-refractivity contribution in [3.05, 3.63) is 98.9 Å². The standard InChI is InChI=1S/C6H5F.C6H6.2C2H6.2C2H4.FH/c7-6-4-2-1-3-5-6;1-2-4-6-5-3-1;4*1-2;/h1-5H;1-6H;2*1-2H3;2*1-2H2;1H. The zero-order chi connectivity index (χ0) is 17.4. The van der Waals surface area contributed by atoms with Gasteiger partial charge in [-0.3, -0.25) is 4.70 Å². The number of rotatable bonds is 0. The lowest BCUT2D eigenvalue weighted by atomic mass is 10.4. The molecule has 2 aromatic carbocycles. The van der Waals surface area contributed by atoms with Gasteiger partial charge in [0.25, 0.3) is 0 Å². The van der Waals surface area contributed by atoms with E-state index in [1.807, 2.05) is 64.1 Å². The molecule has 2 heteroatoms. The van der Waals surface area contributed by atoms with Gasteiger partial charge in [-0.1, -0.05) is 82.3 Å². The van der Waals surface area contributed by atoms with Gasteiger partial charge in [0, 0.05) is 0 Å². The van der Waals surface area contributed by atoms with Gasteiger partial charge in [0.2, 0.25) is 0 Å². The number of benzene rings is 2. The smallest absolute Gasteiger partial charge is 0.123 e. The van der Waals surface area contributed by atoms with E-state index in [9.17, 15) is 4.39 Å². The van der Waals surface area contributed by atoms with Crippen molar-refractivity contribution in [3.8, 4) is 0 Å². The number of hydrogen-bond donors (Lipinski definition) is 0. The number of hydrogen-bond acceptors (Lipinski definition) is 0. The minimum absolute atomic E-state index is 0. The van der Waals surface area contributed by atoms with Crippen molar-refractivity contribution in [1.29, 1.82) is 0 Å². The first-order valence-corrected chi connectivity index (χ1v) is 7.10. The van der Waals surface area contributed by atoms with Gasteiger partial charge >= 0.3 is 0 Å². The summed E-state index contributed by atoms with van der Waals surface area (Å²) in [5.74, 6) is -0.178. The molecule has 0 saturated carbocycles. The molecule has 0 saturated heterocycles. The second-order valence-corrected chi connectivity index (χ2v) is 2.45. The van der Waals surface area contributed by atoms with Crippen molar-refractivity contribution in [3.63, 3.8) is 0 Å². The van der Waals surface area contributed by atoms with Gasteiger partial charge in [0.15, 0.2) is 0 Å². The first kappa shape index (κ1) is 31.9. The predicted molar refractivity (Wildman–Crippen MR) is 101 cm³/mol.